The highest BCUT2D eigenvalue weighted by Gasteiger charge is 2.35. The van der Waals surface area contributed by atoms with Crippen molar-refractivity contribution in [2.45, 2.75) is 12.5 Å². The SMILES string of the molecule is COC(=O)c1ccccc1NC(=O)C[NH+]1CCc2sccc2[C@H]1c1cccs1. The van der Waals surface area contributed by atoms with Crippen LogP contribution in [0.25, 0.3) is 0 Å². The van der Waals surface area contributed by atoms with E-state index in [9.17, 15) is 9.59 Å². The fourth-order valence-corrected chi connectivity index (χ4v) is 5.55. The minimum atomic E-state index is -0.458. The van der Waals surface area contributed by atoms with E-state index in [1.165, 1.54) is 27.3 Å². The van der Waals surface area contributed by atoms with Crippen molar-refractivity contribution in [3.05, 3.63) is 74.1 Å². The largest absolute Gasteiger partial charge is 0.465 e. The van der Waals surface area contributed by atoms with Crippen molar-refractivity contribution in [3.63, 3.8) is 0 Å². The zero-order valence-electron chi connectivity index (χ0n) is 15.4. The lowest BCUT2D eigenvalue weighted by Crippen LogP contribution is -3.14. The van der Waals surface area contributed by atoms with Crippen LogP contribution in [-0.2, 0) is 16.0 Å². The number of anilines is 1. The molecule has 4 rings (SSSR count). The molecule has 7 heteroatoms. The van der Waals surface area contributed by atoms with E-state index in [1.807, 2.05) is 0 Å². The molecule has 1 unspecified atom stereocenters. The first-order valence-electron chi connectivity index (χ1n) is 9.09. The number of fused-ring (bicyclic) bond motifs is 1. The second-order valence-electron chi connectivity index (χ2n) is 6.67. The highest BCUT2D eigenvalue weighted by atomic mass is 32.1. The zero-order chi connectivity index (χ0) is 19.5. The van der Waals surface area contributed by atoms with Gasteiger partial charge >= 0.3 is 5.97 Å². The number of quaternary nitrogens is 1. The Morgan fingerprint density at radius 3 is 2.79 bits per heavy atom. The first-order valence-corrected chi connectivity index (χ1v) is 10.8. The molecule has 0 fully saturated rings. The minimum Gasteiger partial charge on any atom is -0.465 e. The lowest BCUT2D eigenvalue weighted by molar-refractivity contribution is -0.919. The summed E-state index contributed by atoms with van der Waals surface area (Å²) in [6, 6.07) is 13.5. The highest BCUT2D eigenvalue weighted by Crippen LogP contribution is 2.31. The van der Waals surface area contributed by atoms with Crippen LogP contribution in [0.15, 0.2) is 53.2 Å². The van der Waals surface area contributed by atoms with Gasteiger partial charge in [0.15, 0.2) is 6.54 Å². The molecule has 2 aromatic heterocycles. The number of ether oxygens (including phenoxy) is 1. The number of para-hydroxylation sites is 1. The average Bonchev–Trinajstić information content (AvgIpc) is 3.39. The predicted molar refractivity (Wildman–Crippen MR) is 111 cm³/mol. The van der Waals surface area contributed by atoms with Gasteiger partial charge in [-0.2, -0.15) is 0 Å². The van der Waals surface area contributed by atoms with Crippen LogP contribution in [0, 0.1) is 0 Å². The number of carbonyl (C=O) groups excluding carboxylic acids is 2. The minimum absolute atomic E-state index is 0.105. The Hall–Kier alpha value is -2.48. The molecule has 0 bridgehead atoms. The Bertz CT molecular complexity index is 981. The Balaban J connectivity index is 1.54. The normalized spacial score (nSPS) is 18.3. The van der Waals surface area contributed by atoms with Crippen molar-refractivity contribution >= 4 is 40.2 Å². The number of nitrogens with one attached hydrogen (secondary N) is 2. The van der Waals surface area contributed by atoms with Gasteiger partial charge in [0.05, 0.1) is 29.8 Å². The van der Waals surface area contributed by atoms with Crippen LogP contribution in [0.1, 0.15) is 31.7 Å². The zero-order valence-corrected chi connectivity index (χ0v) is 17.1. The molecule has 2 N–H and O–H groups in total. The Labute approximate surface area is 171 Å². The number of carbonyl (C=O) groups is 2. The summed E-state index contributed by atoms with van der Waals surface area (Å²) >= 11 is 3.53. The second kappa shape index (κ2) is 8.26. The summed E-state index contributed by atoms with van der Waals surface area (Å²) in [6.45, 7) is 1.25. The van der Waals surface area contributed by atoms with E-state index in [0.29, 0.717) is 17.8 Å². The molecule has 3 aromatic rings. The molecular formula is C21H21N2O3S2+. The van der Waals surface area contributed by atoms with Gasteiger partial charge in [-0.25, -0.2) is 4.79 Å². The third kappa shape index (κ3) is 3.73. The smallest absolute Gasteiger partial charge is 0.339 e. The summed E-state index contributed by atoms with van der Waals surface area (Å²) < 4.78 is 4.81. The number of rotatable bonds is 5. The van der Waals surface area contributed by atoms with E-state index >= 15 is 0 Å². The molecule has 3 heterocycles. The number of hydrogen-bond acceptors (Lipinski definition) is 5. The van der Waals surface area contributed by atoms with Gasteiger partial charge < -0.3 is 15.0 Å². The van der Waals surface area contributed by atoms with Crippen LogP contribution in [0.2, 0.25) is 0 Å². The molecule has 0 saturated heterocycles. The number of hydrogen-bond donors (Lipinski definition) is 2. The van der Waals surface area contributed by atoms with E-state index in [0.717, 1.165) is 13.0 Å². The molecule has 1 aliphatic heterocycles. The predicted octanol–water partition coefficient (Wildman–Crippen LogP) is 2.77. The lowest BCUT2D eigenvalue weighted by atomic mass is 9.98. The molecular weight excluding hydrogens is 392 g/mol. The van der Waals surface area contributed by atoms with Crippen LogP contribution in [0.3, 0.4) is 0 Å². The van der Waals surface area contributed by atoms with Gasteiger partial charge in [0.25, 0.3) is 5.91 Å². The van der Waals surface area contributed by atoms with Crippen molar-refractivity contribution in [2.75, 3.05) is 25.5 Å². The molecule has 0 spiro atoms. The van der Waals surface area contributed by atoms with Crippen molar-refractivity contribution < 1.29 is 19.2 Å². The fourth-order valence-electron chi connectivity index (χ4n) is 3.73. The number of benzene rings is 1. The number of esters is 1. The maximum atomic E-state index is 12.8. The number of methoxy groups -OCH3 is 1. The molecule has 144 valence electrons. The third-order valence-electron chi connectivity index (χ3n) is 4.99. The summed E-state index contributed by atoms with van der Waals surface area (Å²) in [5.74, 6) is -0.563. The van der Waals surface area contributed by atoms with Gasteiger partial charge in [0, 0.05) is 16.9 Å². The lowest BCUT2D eigenvalue weighted by Gasteiger charge is -2.31. The van der Waals surface area contributed by atoms with E-state index in [2.05, 4.69) is 34.3 Å². The second-order valence-corrected chi connectivity index (χ2v) is 8.65. The maximum Gasteiger partial charge on any atom is 0.339 e. The van der Waals surface area contributed by atoms with Gasteiger partial charge in [0.2, 0.25) is 0 Å². The van der Waals surface area contributed by atoms with Crippen LogP contribution >= 0.6 is 22.7 Å². The first-order chi connectivity index (χ1) is 13.7. The van der Waals surface area contributed by atoms with Gasteiger partial charge in [-0.3, -0.25) is 4.79 Å². The Morgan fingerprint density at radius 1 is 1.14 bits per heavy atom. The Morgan fingerprint density at radius 2 is 2.00 bits per heavy atom. The summed E-state index contributed by atoms with van der Waals surface area (Å²) in [6.07, 6.45) is 0.982. The molecule has 0 saturated carbocycles. The van der Waals surface area contributed by atoms with Gasteiger partial charge in [-0.05, 0) is 35.0 Å². The average molecular weight is 414 g/mol. The van der Waals surface area contributed by atoms with E-state index < -0.39 is 5.97 Å². The van der Waals surface area contributed by atoms with Crippen molar-refractivity contribution in [1.29, 1.82) is 0 Å². The van der Waals surface area contributed by atoms with Crippen LogP contribution in [-0.4, -0.2) is 32.1 Å². The summed E-state index contributed by atoms with van der Waals surface area (Å²) in [4.78, 5) is 28.7. The molecule has 0 radical (unpaired) electrons. The molecule has 1 aliphatic rings. The van der Waals surface area contributed by atoms with E-state index in [1.54, 1.807) is 46.9 Å². The molecule has 2 atom stereocenters. The topological polar surface area (TPSA) is 59.8 Å². The van der Waals surface area contributed by atoms with Gasteiger partial charge in [0.1, 0.15) is 6.04 Å². The van der Waals surface area contributed by atoms with Crippen molar-refractivity contribution in [3.8, 4) is 0 Å². The number of thiophene rings is 2. The van der Waals surface area contributed by atoms with Gasteiger partial charge in [-0.15, -0.1) is 22.7 Å². The summed E-state index contributed by atoms with van der Waals surface area (Å²) in [5.41, 5.74) is 2.18. The monoisotopic (exact) mass is 413 g/mol. The quantitative estimate of drug-likeness (QED) is 0.633. The fraction of sp³-hybridized carbons (Fsp3) is 0.238. The molecule has 1 amide bonds. The van der Waals surface area contributed by atoms with E-state index in [-0.39, 0.29) is 11.9 Å². The first kappa shape index (κ1) is 18.9. The molecule has 0 aliphatic carbocycles. The standard InChI is InChI=1S/C21H20N2O3S2/c1-26-21(25)14-5-2-3-6-16(14)22-19(24)13-23-10-8-17-15(9-12-28-17)20(23)18-7-4-11-27-18/h2-7,9,11-12,20H,8,10,13H2,1H3,(H,22,24)/p+1/t20-/m0/s1. The molecule has 28 heavy (non-hydrogen) atoms. The summed E-state index contributed by atoms with van der Waals surface area (Å²) in [7, 11) is 1.34. The highest BCUT2D eigenvalue weighted by molar-refractivity contribution is 7.10. The van der Waals surface area contributed by atoms with Crippen molar-refractivity contribution in [1.82, 2.24) is 0 Å². The van der Waals surface area contributed by atoms with E-state index in [4.69, 9.17) is 4.74 Å². The third-order valence-corrected chi connectivity index (χ3v) is 6.93. The number of amides is 1. The van der Waals surface area contributed by atoms with Crippen LogP contribution in [0.4, 0.5) is 5.69 Å². The summed E-state index contributed by atoms with van der Waals surface area (Å²) in [5, 5.41) is 7.13. The van der Waals surface area contributed by atoms with Crippen LogP contribution < -0.4 is 10.2 Å². The van der Waals surface area contributed by atoms with Gasteiger partial charge in [-0.1, -0.05) is 18.2 Å². The van der Waals surface area contributed by atoms with Crippen molar-refractivity contribution in [2.24, 2.45) is 0 Å². The molecule has 1 aromatic carbocycles. The van der Waals surface area contributed by atoms with Crippen LogP contribution in [0.5, 0.6) is 0 Å². The molecule has 5 nitrogen and oxygen atoms in total. The Kier molecular flexibility index (Phi) is 5.57. The maximum absolute atomic E-state index is 12.8.